The Bertz CT molecular complexity index is 2530. The van der Waals surface area contributed by atoms with Crippen LogP contribution in [0.1, 0.15) is 30.0 Å². The average Bonchev–Trinajstić information content (AvgIpc) is 3.76. The number of benzene rings is 5. The zero-order valence-electron chi connectivity index (χ0n) is 26.9. The summed E-state index contributed by atoms with van der Waals surface area (Å²) in [7, 11) is 0. The van der Waals surface area contributed by atoms with Gasteiger partial charge < -0.3 is 4.74 Å². The molecule has 0 bridgehead atoms. The van der Waals surface area contributed by atoms with Crippen molar-refractivity contribution in [1.82, 2.24) is 15.0 Å². The molecule has 2 aromatic heterocycles. The Morgan fingerprint density at radius 2 is 1.32 bits per heavy atom. The highest BCUT2D eigenvalue weighted by atomic mass is 32.1. The van der Waals surface area contributed by atoms with Crippen LogP contribution in [0.5, 0.6) is 5.75 Å². The minimum Gasteiger partial charge on any atom is -0.481 e. The Morgan fingerprint density at radius 3 is 2.06 bits per heavy atom. The highest BCUT2D eigenvalue weighted by Crippen LogP contribution is 2.44. The predicted molar refractivity (Wildman–Crippen MR) is 203 cm³/mol. The predicted octanol–water partition coefficient (Wildman–Crippen LogP) is 10.2. The van der Waals surface area contributed by atoms with E-state index < -0.39 is 0 Å². The zero-order chi connectivity index (χ0) is 33.0. The first-order valence-corrected chi connectivity index (χ1v) is 17.7. The number of thiophene rings is 1. The van der Waals surface area contributed by atoms with Crippen LogP contribution in [-0.4, -0.2) is 32.6 Å². The van der Waals surface area contributed by atoms with E-state index in [1.54, 1.807) is 11.3 Å². The smallest absolute Gasteiger partial charge is 0.167 e. The summed E-state index contributed by atoms with van der Waals surface area (Å²) in [4.78, 5) is 25.2. The number of aromatic nitrogens is 3. The highest BCUT2D eigenvalue weighted by molar-refractivity contribution is 7.25. The summed E-state index contributed by atoms with van der Waals surface area (Å²) in [5, 5.41) is 2.36. The average molecular weight is 664 g/mol. The number of hydrogen-bond donors (Lipinski definition) is 0. The molecule has 238 valence electrons. The number of aliphatic imine (C=N–C) groups is 2. The van der Waals surface area contributed by atoms with Crippen LogP contribution in [0.3, 0.4) is 0 Å². The minimum absolute atomic E-state index is 0.122. The summed E-state index contributed by atoms with van der Waals surface area (Å²) in [6.45, 7) is 0. The van der Waals surface area contributed by atoms with Crippen molar-refractivity contribution in [1.29, 1.82) is 0 Å². The van der Waals surface area contributed by atoms with Gasteiger partial charge in [-0.1, -0.05) is 109 Å². The number of allylic oxidation sites excluding steroid dienone is 3. The summed E-state index contributed by atoms with van der Waals surface area (Å²) in [6, 6.07) is 41.4. The van der Waals surface area contributed by atoms with Crippen LogP contribution >= 0.6 is 11.3 Å². The largest absolute Gasteiger partial charge is 0.481 e. The second-order valence-corrected chi connectivity index (χ2v) is 13.8. The van der Waals surface area contributed by atoms with E-state index in [2.05, 4.69) is 66.8 Å². The van der Waals surface area contributed by atoms with Crippen LogP contribution in [0.2, 0.25) is 0 Å². The molecule has 2 unspecified atom stereocenters. The molecule has 5 aromatic carbocycles. The van der Waals surface area contributed by atoms with Crippen LogP contribution in [0.4, 0.5) is 0 Å². The van der Waals surface area contributed by atoms with E-state index in [4.69, 9.17) is 29.7 Å². The Kier molecular flexibility index (Phi) is 6.84. The van der Waals surface area contributed by atoms with Gasteiger partial charge in [-0.05, 0) is 48.7 Å². The quantitative estimate of drug-likeness (QED) is 0.184. The maximum absolute atomic E-state index is 6.47. The molecule has 50 heavy (non-hydrogen) atoms. The summed E-state index contributed by atoms with van der Waals surface area (Å²) in [6.07, 6.45) is 8.26. The monoisotopic (exact) mass is 663 g/mol. The molecule has 0 radical (unpaired) electrons. The van der Waals surface area contributed by atoms with E-state index >= 15 is 0 Å². The number of amidine groups is 1. The van der Waals surface area contributed by atoms with Gasteiger partial charge in [0.15, 0.2) is 29.4 Å². The van der Waals surface area contributed by atoms with Crippen molar-refractivity contribution in [3.05, 3.63) is 156 Å². The molecule has 6 nitrogen and oxygen atoms in total. The molecule has 7 aromatic rings. The van der Waals surface area contributed by atoms with Crippen molar-refractivity contribution in [2.75, 3.05) is 0 Å². The third-order valence-corrected chi connectivity index (χ3v) is 10.7. The summed E-state index contributed by atoms with van der Waals surface area (Å²) >= 11 is 1.78. The first kappa shape index (κ1) is 28.9. The lowest BCUT2D eigenvalue weighted by Crippen LogP contribution is -2.34. The Balaban J connectivity index is 1.07. The highest BCUT2D eigenvalue weighted by Gasteiger charge is 2.41. The molecule has 0 saturated heterocycles. The lowest BCUT2D eigenvalue weighted by Gasteiger charge is -2.26. The van der Waals surface area contributed by atoms with Crippen LogP contribution in [0, 0.1) is 0 Å². The van der Waals surface area contributed by atoms with Gasteiger partial charge in [-0.3, -0.25) is 4.99 Å². The van der Waals surface area contributed by atoms with Gasteiger partial charge in [-0.2, -0.15) is 0 Å². The standard InChI is InChI=1S/C43H29N5OS/c1-4-12-26(13-5-1)37-39-38(32-18-10-11-19-34(32)49-39)45-42(44-37)30-20-22-31-33-24-29(21-23-35(33)50-36(31)25-30)43-47-40(27-14-6-2-7-15-27)46-41(48-43)28-16-8-3-9-17-28/h1-4,6-12,14-25,38-39H,5,13H2. The number of rotatable bonds is 5. The van der Waals surface area contributed by atoms with Gasteiger partial charge in [0.05, 0.1) is 5.71 Å². The van der Waals surface area contributed by atoms with E-state index in [-0.39, 0.29) is 12.1 Å². The van der Waals surface area contributed by atoms with Crippen molar-refractivity contribution in [3.63, 3.8) is 0 Å². The molecule has 0 fully saturated rings. The fourth-order valence-electron chi connectivity index (χ4n) is 7.08. The van der Waals surface area contributed by atoms with Gasteiger partial charge in [-0.25, -0.2) is 19.9 Å². The Labute approximate surface area is 292 Å². The summed E-state index contributed by atoms with van der Waals surface area (Å²) < 4.78 is 8.86. The summed E-state index contributed by atoms with van der Waals surface area (Å²) in [5.74, 6) is 3.60. The molecule has 1 aliphatic carbocycles. The second-order valence-electron chi connectivity index (χ2n) is 12.7. The lowest BCUT2D eigenvalue weighted by molar-refractivity contribution is 0.275. The number of ether oxygens (including phenoxy) is 1. The molecule has 2 atom stereocenters. The van der Waals surface area contributed by atoms with Crippen LogP contribution in [-0.2, 0) is 0 Å². The van der Waals surface area contributed by atoms with Gasteiger partial charge in [0.25, 0.3) is 0 Å². The molecule has 0 N–H and O–H groups in total. The lowest BCUT2D eigenvalue weighted by atomic mass is 9.91. The van der Waals surface area contributed by atoms with E-state index in [1.807, 2.05) is 72.8 Å². The van der Waals surface area contributed by atoms with Gasteiger partial charge in [-0.15, -0.1) is 11.3 Å². The Morgan fingerprint density at radius 1 is 0.620 bits per heavy atom. The summed E-state index contributed by atoms with van der Waals surface area (Å²) in [5.41, 5.74) is 7.20. The third-order valence-electron chi connectivity index (χ3n) is 9.57. The van der Waals surface area contributed by atoms with Crippen LogP contribution in [0.15, 0.2) is 155 Å². The van der Waals surface area contributed by atoms with E-state index in [1.165, 1.54) is 25.7 Å². The van der Waals surface area contributed by atoms with E-state index in [0.717, 1.165) is 58.0 Å². The molecular weight excluding hydrogens is 635 g/mol. The molecular formula is C43H29N5OS. The van der Waals surface area contributed by atoms with Crippen molar-refractivity contribution >= 4 is 43.1 Å². The van der Waals surface area contributed by atoms with Gasteiger partial charge in [0.1, 0.15) is 11.8 Å². The molecule has 2 aliphatic heterocycles. The topological polar surface area (TPSA) is 72.6 Å². The first-order valence-electron chi connectivity index (χ1n) is 16.9. The van der Waals surface area contributed by atoms with Gasteiger partial charge >= 0.3 is 0 Å². The SMILES string of the molecule is C1=CCCC(C2=NC(c3ccc4c(c3)sc3ccc(-c5nc(-c6ccccc6)nc(-c6ccccc6)n5)cc34)=NC3c4ccccc4OC23)=C1. The van der Waals surface area contributed by atoms with E-state index in [0.29, 0.717) is 17.5 Å². The third kappa shape index (κ3) is 4.97. The zero-order valence-corrected chi connectivity index (χ0v) is 27.7. The fourth-order valence-corrected chi connectivity index (χ4v) is 8.21. The number of hydrogen-bond acceptors (Lipinski definition) is 7. The van der Waals surface area contributed by atoms with Crippen molar-refractivity contribution in [3.8, 4) is 39.9 Å². The Hall–Kier alpha value is -6.05. The van der Waals surface area contributed by atoms with Gasteiger partial charge in [0, 0.05) is 48.0 Å². The maximum atomic E-state index is 6.47. The van der Waals surface area contributed by atoms with Crippen molar-refractivity contribution < 1.29 is 4.74 Å². The second kappa shape index (κ2) is 11.8. The van der Waals surface area contributed by atoms with Crippen LogP contribution < -0.4 is 4.74 Å². The normalized spacial score (nSPS) is 17.9. The number of para-hydroxylation sites is 1. The number of fused-ring (bicyclic) bond motifs is 6. The van der Waals surface area contributed by atoms with Crippen LogP contribution in [0.25, 0.3) is 54.3 Å². The maximum Gasteiger partial charge on any atom is 0.167 e. The van der Waals surface area contributed by atoms with E-state index in [9.17, 15) is 0 Å². The molecule has 0 saturated carbocycles. The van der Waals surface area contributed by atoms with Gasteiger partial charge in [0.2, 0.25) is 0 Å². The molecule has 3 aliphatic rings. The molecule has 7 heteroatoms. The van der Waals surface area contributed by atoms with Crippen molar-refractivity contribution in [2.45, 2.75) is 25.0 Å². The molecule has 4 heterocycles. The molecule has 0 spiro atoms. The molecule has 10 rings (SSSR count). The first-order chi connectivity index (χ1) is 24.7. The minimum atomic E-state index is -0.208. The number of nitrogens with zero attached hydrogens (tertiary/aromatic N) is 5. The molecule has 0 amide bonds. The fraction of sp³-hybridized carbons (Fsp3) is 0.0930. The van der Waals surface area contributed by atoms with Crippen molar-refractivity contribution in [2.24, 2.45) is 9.98 Å².